The number of hydrogen-bond acceptors (Lipinski definition) is 8. The van der Waals surface area contributed by atoms with E-state index < -0.39 is 58.1 Å². The van der Waals surface area contributed by atoms with Crippen LogP contribution in [0.25, 0.3) is 0 Å². The number of phenols is 1. The number of carbonyl (C=O) groups excluding carboxylic acids is 3. The number of hydrogen-bond donors (Lipinski definition) is 1. The van der Waals surface area contributed by atoms with Crippen molar-refractivity contribution < 1.29 is 51.6 Å². The van der Waals surface area contributed by atoms with Crippen molar-refractivity contribution >= 4 is 17.7 Å². The molecule has 0 bridgehead atoms. The van der Waals surface area contributed by atoms with Crippen molar-refractivity contribution in [1.82, 2.24) is 0 Å². The lowest BCUT2D eigenvalue weighted by Crippen LogP contribution is -2.62. The maximum absolute atomic E-state index is 14.4. The minimum atomic E-state index is -5.28. The molecule has 0 amide bonds. The van der Waals surface area contributed by atoms with Crippen LogP contribution in [0.15, 0.2) is 66.3 Å². The first-order valence-corrected chi connectivity index (χ1v) is 10.9. The molecular formula is C26H21F3O8. The van der Waals surface area contributed by atoms with E-state index in [4.69, 9.17) is 18.9 Å². The molecule has 11 heteroatoms. The smallest absolute Gasteiger partial charge is 0.432 e. The van der Waals surface area contributed by atoms with Crippen LogP contribution in [-0.4, -0.2) is 54.9 Å². The Morgan fingerprint density at radius 3 is 2.38 bits per heavy atom. The summed E-state index contributed by atoms with van der Waals surface area (Å²) in [5, 5.41) is 10.4. The number of aromatic hydroxyl groups is 1. The summed E-state index contributed by atoms with van der Waals surface area (Å²) < 4.78 is 64.0. The van der Waals surface area contributed by atoms with Crippen LogP contribution in [0.2, 0.25) is 0 Å². The van der Waals surface area contributed by atoms with Gasteiger partial charge in [0, 0.05) is 12.7 Å². The normalized spacial score (nSPS) is 22.1. The Hall–Kier alpha value is -4.12. The summed E-state index contributed by atoms with van der Waals surface area (Å²) in [5.74, 6) is -4.64. The van der Waals surface area contributed by atoms with E-state index in [0.29, 0.717) is 12.7 Å². The number of allylic oxidation sites excluding steroid dienone is 2. The van der Waals surface area contributed by atoms with Gasteiger partial charge < -0.3 is 24.1 Å². The fourth-order valence-electron chi connectivity index (χ4n) is 4.50. The van der Waals surface area contributed by atoms with Crippen LogP contribution in [0.3, 0.4) is 0 Å². The van der Waals surface area contributed by atoms with Gasteiger partial charge in [0.15, 0.2) is 6.10 Å². The zero-order chi connectivity index (χ0) is 27.2. The van der Waals surface area contributed by atoms with Gasteiger partial charge in [0.25, 0.3) is 11.2 Å². The van der Waals surface area contributed by atoms with Gasteiger partial charge in [-0.25, -0.2) is 9.59 Å². The number of benzene rings is 2. The number of ketones is 1. The Kier molecular flexibility index (Phi) is 6.37. The Morgan fingerprint density at radius 2 is 1.78 bits per heavy atom. The minimum absolute atomic E-state index is 0.238. The van der Waals surface area contributed by atoms with Crippen molar-refractivity contribution in [3.05, 3.63) is 83.0 Å². The fourth-order valence-corrected chi connectivity index (χ4v) is 4.50. The molecule has 0 fully saturated rings. The predicted molar refractivity (Wildman–Crippen MR) is 121 cm³/mol. The lowest BCUT2D eigenvalue weighted by Gasteiger charge is -2.43. The molecule has 0 unspecified atom stereocenters. The standard InChI is InChI=1S/C26H21F3O8/c1-14-12-17(30)20-18(13-14)37-24(22(32)34-2)16(21(20)31)10-7-11-19(24)36-23(33)25(35-3,26(27,28)29)15-8-5-4-6-9-15/h4-13,19,30H,1-3H3/t19-,24+,25+/m1/s1. The van der Waals surface area contributed by atoms with E-state index in [1.54, 1.807) is 6.92 Å². The average molecular weight is 518 g/mol. The second kappa shape index (κ2) is 9.07. The number of methoxy groups -OCH3 is 2. The van der Waals surface area contributed by atoms with E-state index in [9.17, 15) is 32.7 Å². The third kappa shape index (κ3) is 3.77. The van der Waals surface area contributed by atoms with E-state index in [1.165, 1.54) is 42.5 Å². The first-order chi connectivity index (χ1) is 17.4. The molecule has 37 heavy (non-hydrogen) atoms. The van der Waals surface area contributed by atoms with Crippen LogP contribution in [0.1, 0.15) is 21.5 Å². The molecule has 4 rings (SSSR count). The first kappa shape index (κ1) is 26.0. The van der Waals surface area contributed by atoms with Crippen molar-refractivity contribution in [3.63, 3.8) is 0 Å². The summed E-state index contributed by atoms with van der Waals surface area (Å²) >= 11 is 0. The quantitative estimate of drug-likeness (QED) is 0.597. The second-order valence-electron chi connectivity index (χ2n) is 8.36. The van der Waals surface area contributed by atoms with Crippen LogP contribution in [0, 0.1) is 6.92 Å². The Balaban J connectivity index is 1.86. The predicted octanol–water partition coefficient (Wildman–Crippen LogP) is 3.70. The number of esters is 2. The van der Waals surface area contributed by atoms with Crippen LogP contribution in [0.4, 0.5) is 13.2 Å². The second-order valence-corrected chi connectivity index (χ2v) is 8.36. The number of aryl methyl sites for hydroxylation is 1. The Bertz CT molecular complexity index is 1330. The van der Waals surface area contributed by atoms with E-state index in [-0.39, 0.29) is 11.3 Å². The molecule has 1 heterocycles. The largest absolute Gasteiger partial charge is 0.507 e. The SMILES string of the molecule is COC(=O)[C@]12Oc3cc(C)cc(O)c3C(=O)C1=CC=C[C@H]2OC(=O)[C@@](OC)(c1ccccc1)C(F)(F)F. The summed E-state index contributed by atoms with van der Waals surface area (Å²) in [6.45, 7) is 1.58. The molecule has 194 valence electrons. The van der Waals surface area contributed by atoms with Crippen LogP contribution >= 0.6 is 0 Å². The molecule has 3 atom stereocenters. The molecule has 0 spiro atoms. The van der Waals surface area contributed by atoms with Gasteiger partial charge >= 0.3 is 18.1 Å². The maximum atomic E-state index is 14.4. The molecule has 1 N–H and O–H groups in total. The molecule has 0 aromatic heterocycles. The molecule has 0 radical (unpaired) electrons. The lowest BCUT2D eigenvalue weighted by molar-refractivity contribution is -0.279. The zero-order valence-electron chi connectivity index (χ0n) is 19.8. The maximum Gasteiger partial charge on any atom is 0.432 e. The van der Waals surface area contributed by atoms with Gasteiger partial charge in [0.2, 0.25) is 5.78 Å². The van der Waals surface area contributed by atoms with Gasteiger partial charge in [0.05, 0.1) is 12.7 Å². The van der Waals surface area contributed by atoms with Gasteiger partial charge in [-0.3, -0.25) is 4.79 Å². The summed E-state index contributed by atoms with van der Waals surface area (Å²) in [6.07, 6.45) is -3.68. The Morgan fingerprint density at radius 1 is 1.11 bits per heavy atom. The molecule has 2 aromatic carbocycles. The van der Waals surface area contributed by atoms with Crippen molar-refractivity contribution in [3.8, 4) is 11.5 Å². The Labute approximate surface area is 208 Å². The highest BCUT2D eigenvalue weighted by atomic mass is 19.4. The third-order valence-corrected chi connectivity index (χ3v) is 6.21. The lowest BCUT2D eigenvalue weighted by atomic mass is 9.77. The van der Waals surface area contributed by atoms with Crippen LogP contribution in [-0.2, 0) is 29.4 Å². The van der Waals surface area contributed by atoms with E-state index in [2.05, 4.69) is 0 Å². The number of alkyl halides is 3. The number of carbonyl (C=O) groups is 3. The molecule has 8 nitrogen and oxygen atoms in total. The number of ether oxygens (including phenoxy) is 4. The fraction of sp³-hybridized carbons (Fsp3) is 0.269. The molecular weight excluding hydrogens is 497 g/mol. The summed E-state index contributed by atoms with van der Waals surface area (Å²) in [7, 11) is 1.67. The number of fused-ring (bicyclic) bond motifs is 2. The summed E-state index contributed by atoms with van der Waals surface area (Å²) in [6, 6.07) is 8.76. The van der Waals surface area contributed by atoms with Crippen molar-refractivity contribution in [2.75, 3.05) is 14.2 Å². The molecule has 1 aliphatic heterocycles. The molecule has 2 aliphatic rings. The highest BCUT2D eigenvalue weighted by Crippen LogP contribution is 2.48. The minimum Gasteiger partial charge on any atom is -0.507 e. The highest BCUT2D eigenvalue weighted by molar-refractivity contribution is 6.18. The van der Waals surface area contributed by atoms with Crippen molar-refractivity contribution in [2.45, 2.75) is 30.4 Å². The van der Waals surface area contributed by atoms with E-state index in [0.717, 1.165) is 25.3 Å². The van der Waals surface area contributed by atoms with Crippen LogP contribution in [0.5, 0.6) is 11.5 Å². The molecule has 0 saturated heterocycles. The number of rotatable bonds is 5. The summed E-state index contributed by atoms with van der Waals surface area (Å²) in [5.41, 5.74) is -6.83. The molecule has 0 saturated carbocycles. The topological polar surface area (TPSA) is 108 Å². The number of phenolic OH excluding ortho intramolecular Hbond substituents is 1. The van der Waals surface area contributed by atoms with E-state index >= 15 is 0 Å². The van der Waals surface area contributed by atoms with Gasteiger partial charge in [-0.1, -0.05) is 42.5 Å². The van der Waals surface area contributed by atoms with Gasteiger partial charge in [-0.15, -0.1) is 0 Å². The third-order valence-electron chi connectivity index (χ3n) is 6.21. The van der Waals surface area contributed by atoms with Gasteiger partial charge in [-0.05, 0) is 30.7 Å². The number of halogens is 3. The zero-order valence-corrected chi connectivity index (χ0v) is 19.8. The highest BCUT2D eigenvalue weighted by Gasteiger charge is 2.67. The van der Waals surface area contributed by atoms with Crippen molar-refractivity contribution in [2.24, 2.45) is 0 Å². The first-order valence-electron chi connectivity index (χ1n) is 10.9. The van der Waals surface area contributed by atoms with E-state index in [1.807, 2.05) is 0 Å². The van der Waals surface area contributed by atoms with Crippen molar-refractivity contribution in [1.29, 1.82) is 0 Å². The van der Waals surface area contributed by atoms with Gasteiger partial charge in [-0.2, -0.15) is 13.2 Å². The molecule has 1 aliphatic carbocycles. The van der Waals surface area contributed by atoms with Crippen LogP contribution < -0.4 is 4.74 Å². The molecule has 2 aromatic rings. The van der Waals surface area contributed by atoms with Gasteiger partial charge in [0.1, 0.15) is 17.1 Å². The average Bonchev–Trinajstić information content (AvgIpc) is 2.84. The number of Topliss-reactive ketones (excluding diaryl/α,β-unsaturated/α-hetero) is 1. The summed E-state index contributed by atoms with van der Waals surface area (Å²) in [4.78, 5) is 39.8. The monoisotopic (exact) mass is 518 g/mol.